The summed E-state index contributed by atoms with van der Waals surface area (Å²) >= 11 is 0. The minimum absolute atomic E-state index is 0.0670. The van der Waals surface area contributed by atoms with E-state index in [-0.39, 0.29) is 36.8 Å². The van der Waals surface area contributed by atoms with E-state index in [1.54, 1.807) is 11.8 Å². The number of carbonyl (C=O) groups is 1. The first-order chi connectivity index (χ1) is 13.3. The number of hydrogen-bond donors (Lipinski definition) is 4. The molecule has 2 rings (SSSR count). The predicted molar refractivity (Wildman–Crippen MR) is 112 cm³/mol. The maximum absolute atomic E-state index is 13.4. The van der Waals surface area contributed by atoms with Gasteiger partial charge in [-0.25, -0.2) is 0 Å². The van der Waals surface area contributed by atoms with Gasteiger partial charge in [-0.15, -0.1) is 0 Å². The highest BCUT2D eigenvalue weighted by molar-refractivity contribution is 7.86. The van der Waals surface area contributed by atoms with E-state index in [0.717, 1.165) is 0 Å². The summed E-state index contributed by atoms with van der Waals surface area (Å²) in [7, 11) is -5.12. The lowest BCUT2D eigenvalue weighted by atomic mass is 9.79. The number of carbonyl (C=O) groups excluding carboxylic acids is 1. The molecule has 1 amide bonds. The molecule has 2 fully saturated rings. The van der Waals surface area contributed by atoms with Crippen molar-refractivity contribution in [2.45, 2.75) is 70.5 Å². The monoisotopic (exact) mass is 433 g/mol. The lowest BCUT2D eigenvalue weighted by Crippen LogP contribution is -2.66. The molecule has 0 aromatic rings. The summed E-state index contributed by atoms with van der Waals surface area (Å²) in [6.07, 6.45) is 1.43. The van der Waals surface area contributed by atoms with Gasteiger partial charge >= 0.3 is 7.12 Å². The molecule has 29 heavy (non-hydrogen) atoms. The maximum atomic E-state index is 13.4. The van der Waals surface area contributed by atoms with Gasteiger partial charge in [-0.2, -0.15) is 17.0 Å². The molecule has 0 unspecified atom stereocenters. The molecule has 2 heterocycles. The molecule has 0 radical (unpaired) electrons. The Kier molecular flexibility index (Phi) is 7.75. The Bertz CT molecular complexity index is 682. The fourth-order valence-electron chi connectivity index (χ4n) is 4.27. The van der Waals surface area contributed by atoms with E-state index < -0.39 is 28.9 Å². The number of nitrogens with two attached hydrogens (primary N) is 2. The van der Waals surface area contributed by atoms with Crippen LogP contribution in [-0.4, -0.2) is 94.8 Å². The largest absolute Gasteiger partial charge is 0.451 e. The average Bonchev–Trinajstić information content (AvgIpc) is 2.84. The van der Waals surface area contributed by atoms with Crippen LogP contribution in [0.3, 0.4) is 0 Å². The maximum Gasteiger partial charge on any atom is 0.451 e. The van der Waals surface area contributed by atoms with E-state index in [0.29, 0.717) is 32.5 Å². The normalized spacial score (nSPS) is 27.5. The van der Waals surface area contributed by atoms with E-state index >= 15 is 0 Å². The second-order valence-corrected chi connectivity index (χ2v) is 10.9. The van der Waals surface area contributed by atoms with Gasteiger partial charge in [0, 0.05) is 37.8 Å². The van der Waals surface area contributed by atoms with Crippen LogP contribution in [0.5, 0.6) is 0 Å². The second-order valence-electron chi connectivity index (χ2n) is 9.02. The molecule has 0 bridgehead atoms. The molecule has 0 spiro atoms. The fourth-order valence-corrected chi connectivity index (χ4v) is 6.38. The first kappa shape index (κ1) is 24.5. The molecule has 2 aliphatic rings. The molecule has 2 saturated heterocycles. The van der Waals surface area contributed by atoms with Crippen molar-refractivity contribution in [2.75, 3.05) is 26.2 Å². The summed E-state index contributed by atoms with van der Waals surface area (Å²) in [5, 5.41) is 18.1. The van der Waals surface area contributed by atoms with E-state index in [1.165, 1.54) is 8.61 Å². The van der Waals surface area contributed by atoms with Gasteiger partial charge in [0.15, 0.2) is 0 Å². The zero-order valence-electron chi connectivity index (χ0n) is 17.9. The highest BCUT2D eigenvalue weighted by Gasteiger charge is 2.49. The predicted octanol–water partition coefficient (Wildman–Crippen LogP) is -1.60. The highest BCUT2D eigenvalue weighted by Crippen LogP contribution is 2.34. The molecular weight excluding hydrogens is 397 g/mol. The summed E-state index contributed by atoms with van der Waals surface area (Å²) in [6.45, 7) is 8.29. The van der Waals surface area contributed by atoms with Crippen LogP contribution in [-0.2, 0) is 15.0 Å². The summed E-state index contributed by atoms with van der Waals surface area (Å²) in [6, 6.07) is -1.14. The molecule has 168 valence electrons. The van der Waals surface area contributed by atoms with Gasteiger partial charge < -0.3 is 26.4 Å². The molecule has 10 nitrogen and oxygen atoms in total. The van der Waals surface area contributed by atoms with Gasteiger partial charge in [0.1, 0.15) is 0 Å². The van der Waals surface area contributed by atoms with Crippen LogP contribution in [0.2, 0.25) is 6.32 Å². The van der Waals surface area contributed by atoms with Crippen LogP contribution in [0.1, 0.15) is 40.5 Å². The van der Waals surface area contributed by atoms with Crippen LogP contribution >= 0.6 is 0 Å². The summed E-state index contributed by atoms with van der Waals surface area (Å²) in [4.78, 5) is 13.6. The third-order valence-corrected chi connectivity index (χ3v) is 8.10. The van der Waals surface area contributed by atoms with Crippen LogP contribution < -0.4 is 11.5 Å². The number of hydrogen-bond acceptors (Lipinski definition) is 7. The van der Waals surface area contributed by atoms with Crippen LogP contribution in [0.15, 0.2) is 0 Å². The van der Waals surface area contributed by atoms with Gasteiger partial charge in [-0.1, -0.05) is 6.42 Å². The lowest BCUT2D eigenvalue weighted by molar-refractivity contribution is -0.138. The lowest BCUT2D eigenvalue weighted by Gasteiger charge is -2.47. The summed E-state index contributed by atoms with van der Waals surface area (Å²) < 4.78 is 29.8. The SMILES string of the molecule is CC(C)N(C1CN(C(=O)[C@H](C)N)C1)S(=O)(=O)N1C[C@H](CCCB(O)O)[C@@](C)(N)C1. The second kappa shape index (κ2) is 9.17. The Morgan fingerprint density at radius 2 is 1.86 bits per heavy atom. The minimum Gasteiger partial charge on any atom is -0.427 e. The van der Waals surface area contributed by atoms with Gasteiger partial charge in [0.2, 0.25) is 5.91 Å². The Morgan fingerprint density at radius 1 is 1.28 bits per heavy atom. The third-order valence-electron chi connectivity index (χ3n) is 5.91. The van der Waals surface area contributed by atoms with Crippen molar-refractivity contribution in [3.05, 3.63) is 0 Å². The molecule has 0 aliphatic carbocycles. The molecular formula is C17H36BN5O5S. The first-order valence-electron chi connectivity index (χ1n) is 10.3. The molecule has 12 heteroatoms. The topological polar surface area (TPSA) is 153 Å². The molecule has 2 aliphatic heterocycles. The Hall–Kier alpha value is -0.755. The van der Waals surface area contributed by atoms with Crippen molar-refractivity contribution in [3.8, 4) is 0 Å². The van der Waals surface area contributed by atoms with E-state index in [4.69, 9.17) is 21.5 Å². The number of likely N-dealkylation sites (tertiary alicyclic amines) is 1. The van der Waals surface area contributed by atoms with E-state index in [9.17, 15) is 13.2 Å². The highest BCUT2D eigenvalue weighted by atomic mass is 32.2. The van der Waals surface area contributed by atoms with Crippen molar-refractivity contribution in [2.24, 2.45) is 17.4 Å². The van der Waals surface area contributed by atoms with E-state index in [2.05, 4.69) is 0 Å². The van der Waals surface area contributed by atoms with Crippen molar-refractivity contribution in [1.82, 2.24) is 13.5 Å². The smallest absolute Gasteiger partial charge is 0.427 e. The quantitative estimate of drug-likeness (QED) is 0.320. The Balaban J connectivity index is 2.08. The molecule has 0 aromatic carbocycles. The number of nitrogens with zero attached hydrogens (tertiary/aromatic N) is 3. The molecule has 0 saturated carbocycles. The Labute approximate surface area is 174 Å². The van der Waals surface area contributed by atoms with Gasteiger partial charge in [0.25, 0.3) is 10.2 Å². The van der Waals surface area contributed by atoms with Gasteiger partial charge in [-0.3, -0.25) is 4.79 Å². The van der Waals surface area contributed by atoms with Crippen LogP contribution in [0.25, 0.3) is 0 Å². The third kappa shape index (κ3) is 5.49. The summed E-state index contributed by atoms with van der Waals surface area (Å²) in [5.41, 5.74) is 11.4. The molecule has 0 aromatic heterocycles. The zero-order valence-corrected chi connectivity index (χ0v) is 18.7. The van der Waals surface area contributed by atoms with Gasteiger partial charge in [0.05, 0.1) is 12.1 Å². The standard InChI is InChI=1S/C17H36BN5O5S/c1-12(2)23(15-9-21(10-15)16(24)13(3)19)29(27,28)22-8-14(17(4,20)11-22)6-5-7-18(25)26/h12-15,25-26H,5-11,19-20H2,1-4H3/t13-,14-,17-/m0/s1. The number of amides is 1. The van der Waals surface area contributed by atoms with Crippen molar-refractivity contribution < 1.29 is 23.3 Å². The Morgan fingerprint density at radius 3 is 2.34 bits per heavy atom. The molecule has 6 N–H and O–H groups in total. The minimum atomic E-state index is -3.76. The number of rotatable bonds is 9. The average molecular weight is 433 g/mol. The summed E-state index contributed by atoms with van der Waals surface area (Å²) in [5.74, 6) is -0.244. The van der Waals surface area contributed by atoms with Crippen molar-refractivity contribution >= 4 is 23.2 Å². The van der Waals surface area contributed by atoms with Crippen molar-refractivity contribution in [3.63, 3.8) is 0 Å². The first-order valence-corrected chi connectivity index (χ1v) is 11.6. The van der Waals surface area contributed by atoms with E-state index in [1.807, 2.05) is 20.8 Å². The van der Waals surface area contributed by atoms with Crippen LogP contribution in [0.4, 0.5) is 0 Å². The van der Waals surface area contributed by atoms with Gasteiger partial charge in [-0.05, 0) is 46.4 Å². The fraction of sp³-hybridized carbons (Fsp3) is 0.941. The van der Waals surface area contributed by atoms with Crippen molar-refractivity contribution in [1.29, 1.82) is 0 Å². The zero-order chi connectivity index (χ0) is 22.1. The molecule has 3 atom stereocenters. The van der Waals surface area contributed by atoms with Crippen LogP contribution in [0, 0.1) is 5.92 Å².